The number of fused-ring (bicyclic) bond motifs is 6. The Hall–Kier alpha value is -9.90. The molecule has 99 heavy (non-hydrogen) atoms. The van der Waals surface area contributed by atoms with Crippen molar-refractivity contribution in [2.45, 2.75) is 0 Å². The second kappa shape index (κ2) is 27.8. The normalized spacial score (nSPS) is 14.3. The van der Waals surface area contributed by atoms with Crippen molar-refractivity contribution in [3.63, 3.8) is 0 Å². The van der Waals surface area contributed by atoms with Gasteiger partial charge in [0.1, 0.15) is 22.7 Å². The first-order chi connectivity index (χ1) is 47.6. The van der Waals surface area contributed by atoms with Crippen LogP contribution < -0.4 is 31.9 Å². The molecule has 3 fully saturated rings. The van der Waals surface area contributed by atoms with Gasteiger partial charge in [0.2, 0.25) is 17.7 Å². The summed E-state index contributed by atoms with van der Waals surface area (Å²) in [5, 5.41) is 3.13. The molecule has 6 aromatic heterocycles. The quantitative estimate of drug-likeness (QED) is 0.0902. The summed E-state index contributed by atoms with van der Waals surface area (Å²) >= 11 is 22.7. The molecule has 0 radical (unpaired) electrons. The zero-order valence-corrected chi connectivity index (χ0v) is 56.7. The van der Waals surface area contributed by atoms with Gasteiger partial charge in [-0.25, -0.2) is 41.3 Å². The third-order valence-electron chi connectivity index (χ3n) is 17.4. The molecule has 3 saturated heterocycles. The third kappa shape index (κ3) is 12.8. The molecule has 0 aliphatic carbocycles. The Morgan fingerprint density at radius 1 is 0.404 bits per heavy atom. The number of nitrogens with two attached hydrogens (primary N) is 3. The number of benzene rings is 6. The second-order valence-corrected chi connectivity index (χ2v) is 27.2. The topological polar surface area (TPSA) is 226 Å². The molecule has 18 nitrogen and oxygen atoms in total. The van der Waals surface area contributed by atoms with E-state index in [2.05, 4.69) is 59.4 Å². The molecule has 3 aliphatic heterocycles. The summed E-state index contributed by atoms with van der Waals surface area (Å²) in [6.45, 7) is 17.5. The molecular weight excluding hydrogens is 1400 g/mol. The Morgan fingerprint density at radius 2 is 0.778 bits per heavy atom. The van der Waals surface area contributed by atoms with Crippen LogP contribution in [0.15, 0.2) is 129 Å². The Bertz CT molecular complexity index is 5330. The lowest BCUT2D eigenvalue weighted by Gasteiger charge is -2.36. The van der Waals surface area contributed by atoms with Crippen LogP contribution in [0.2, 0.25) is 15.1 Å². The lowest BCUT2D eigenvalue weighted by Crippen LogP contribution is -2.48. The van der Waals surface area contributed by atoms with Crippen molar-refractivity contribution < 1.29 is 40.7 Å². The zero-order valence-electron chi connectivity index (χ0n) is 51.9. The highest BCUT2D eigenvalue weighted by molar-refractivity contribution is 7.22. The van der Waals surface area contributed by atoms with E-state index in [9.17, 15) is 31.9 Å². The summed E-state index contributed by atoms with van der Waals surface area (Å²) in [7, 11) is 0. The molecule has 0 atom stereocenters. The summed E-state index contributed by atoms with van der Waals surface area (Å²) in [5.74, 6) is -4.78. The second-order valence-electron chi connectivity index (χ2n) is 22.9. The maximum Gasteiger partial charge on any atom is 0.246 e. The fourth-order valence-electron chi connectivity index (χ4n) is 12.6. The Labute approximate surface area is 587 Å². The van der Waals surface area contributed by atoms with Gasteiger partial charge in [-0.05, 0) is 91.0 Å². The van der Waals surface area contributed by atoms with Gasteiger partial charge in [-0.3, -0.25) is 29.3 Å². The van der Waals surface area contributed by atoms with Crippen molar-refractivity contribution in [1.29, 1.82) is 0 Å². The molecule has 12 aromatic rings. The number of rotatable bonds is 9. The van der Waals surface area contributed by atoms with Gasteiger partial charge in [-0.2, -0.15) is 0 Å². The van der Waals surface area contributed by atoms with Gasteiger partial charge >= 0.3 is 0 Å². The Balaban J connectivity index is 0.000000133. The van der Waals surface area contributed by atoms with Gasteiger partial charge in [0.05, 0.1) is 46.2 Å². The van der Waals surface area contributed by atoms with Crippen LogP contribution in [-0.4, -0.2) is 141 Å². The SMILES string of the molecule is C=CC(=O)N1CCN(c2ccnc3c(F)c(-c4cc(F)c(F)c5sc(N)nc45)c(Cl)cc23)CC1.C=CC(=O)N1CCN(c2ccnc3c(F)c(-c4ccc(F)c5sc(N)nc45)c(Cl)cc23)CC1.C=CC(=O)N1CCN(c2ccnc3cc(-c4ccc(F)c5sc(N)nc45)c(Cl)cc23)CC1. The molecule has 6 aromatic carbocycles. The third-order valence-corrected chi connectivity index (χ3v) is 20.9. The number of halogens is 9. The van der Waals surface area contributed by atoms with Gasteiger partial charge in [0.15, 0.2) is 38.7 Å². The molecule has 0 unspecified atom stereocenters. The highest BCUT2D eigenvalue weighted by atomic mass is 35.5. The van der Waals surface area contributed by atoms with Gasteiger partial charge < -0.3 is 46.6 Å². The maximum atomic E-state index is 15.8. The Morgan fingerprint density at radius 3 is 1.22 bits per heavy atom. The van der Waals surface area contributed by atoms with Crippen molar-refractivity contribution in [3.8, 4) is 33.4 Å². The number of piperazine rings is 3. The van der Waals surface area contributed by atoms with Crippen molar-refractivity contribution in [3.05, 3.63) is 179 Å². The number of thiazole rings is 3. The standard InChI is InChI=1S/C23H17ClF3N5OS.C23H18ClF2N5OS.C23H19ClFN5OS/c1-2-16(33)32-7-5-31(6-8-32)15-3-4-29-20-11(15)9-13(24)17(19(20)27)12-10-14(25)18(26)22-21(12)30-23(28)34-22;1-2-17(32)31-9-7-30(8-10-31)16-5-6-28-20-13(16)11-14(24)18(19(20)26)12-3-4-15(25)22-21(12)29-23(27)33-22;1-2-20(31)30-9-7-29(8-10-30)19-5-6-27-18-12-14(16(24)11-15(18)19)13-3-4-17(25)22-21(13)28-23(26)32-22/h2-4,9-10H,1,5-8H2,(H2,28,30);2-6,11H,1,7-10H2,(H2,27,29);2-6,11-12H,1,7-10H2,(H2,26,28). The summed E-state index contributed by atoms with van der Waals surface area (Å²) in [4.78, 5) is 72.7. The fourth-order valence-corrected chi connectivity index (χ4v) is 15.8. The molecule has 3 aliphatic rings. The molecule has 3 amide bonds. The molecule has 9 heterocycles. The summed E-state index contributed by atoms with van der Waals surface area (Å²) in [6, 6.07) is 19.2. The van der Waals surface area contributed by atoms with E-state index in [1.807, 2.05) is 23.1 Å². The summed E-state index contributed by atoms with van der Waals surface area (Å²) < 4.78 is 89.3. The highest BCUT2D eigenvalue weighted by Gasteiger charge is 2.30. The predicted octanol–water partition coefficient (Wildman–Crippen LogP) is 14.6. The first kappa shape index (κ1) is 67.7. The van der Waals surface area contributed by atoms with Gasteiger partial charge in [0, 0.05) is 169 Å². The molecule has 504 valence electrons. The monoisotopic (exact) mass is 1460 g/mol. The minimum atomic E-state index is -1.16. The number of hydrogen-bond donors (Lipinski definition) is 3. The highest BCUT2D eigenvalue weighted by Crippen LogP contribution is 2.46. The van der Waals surface area contributed by atoms with Crippen LogP contribution in [0.4, 0.5) is 58.8 Å². The number of pyridine rings is 3. The van der Waals surface area contributed by atoms with Crippen LogP contribution in [0.1, 0.15) is 0 Å². The molecule has 6 N–H and O–H groups in total. The van der Waals surface area contributed by atoms with E-state index in [4.69, 9.17) is 52.0 Å². The molecule has 15 rings (SSSR count). The van der Waals surface area contributed by atoms with Gasteiger partial charge in [-0.15, -0.1) is 0 Å². The smallest absolute Gasteiger partial charge is 0.246 e. The van der Waals surface area contributed by atoms with Crippen LogP contribution in [-0.2, 0) is 14.4 Å². The van der Waals surface area contributed by atoms with Crippen LogP contribution in [0, 0.1) is 34.9 Å². The molecule has 30 heteroatoms. The molecular formula is C69H54Cl3F6N15O3S3. The van der Waals surface area contributed by atoms with Crippen LogP contribution >= 0.6 is 68.8 Å². The summed E-state index contributed by atoms with van der Waals surface area (Å²) in [6.07, 6.45) is 8.71. The van der Waals surface area contributed by atoms with Crippen molar-refractivity contribution in [1.82, 2.24) is 44.6 Å². The van der Waals surface area contributed by atoms with E-state index < -0.39 is 29.1 Å². The number of nitrogen functional groups attached to an aromatic ring is 3. The maximum absolute atomic E-state index is 15.8. The van der Waals surface area contributed by atoms with Gasteiger partial charge in [-0.1, -0.05) is 88.5 Å². The fraction of sp³-hybridized carbons (Fsp3) is 0.174. The van der Waals surface area contributed by atoms with Crippen molar-refractivity contribution in [2.24, 2.45) is 0 Å². The van der Waals surface area contributed by atoms with Crippen LogP contribution in [0.3, 0.4) is 0 Å². The number of aromatic nitrogens is 6. The molecule has 0 bridgehead atoms. The number of hydrogen-bond acceptors (Lipinski definition) is 18. The summed E-state index contributed by atoms with van der Waals surface area (Å²) in [5.41, 5.74) is 23.3. The lowest BCUT2D eigenvalue weighted by molar-refractivity contribution is -0.127. The first-order valence-corrected chi connectivity index (χ1v) is 34.1. The van der Waals surface area contributed by atoms with E-state index in [1.165, 1.54) is 42.6 Å². The predicted molar refractivity (Wildman–Crippen MR) is 386 cm³/mol. The largest absolute Gasteiger partial charge is 0.375 e. The number of nitrogens with zero attached hydrogens (tertiary/aromatic N) is 12. The van der Waals surface area contributed by atoms with E-state index in [-0.39, 0.29) is 92.0 Å². The van der Waals surface area contributed by atoms with Gasteiger partial charge in [0.25, 0.3) is 0 Å². The zero-order chi connectivity index (χ0) is 69.8. The van der Waals surface area contributed by atoms with E-state index in [0.717, 1.165) is 67.9 Å². The first-order valence-electron chi connectivity index (χ1n) is 30.5. The average molecular weight is 1460 g/mol. The van der Waals surface area contributed by atoms with E-state index in [0.29, 0.717) is 126 Å². The Kier molecular flexibility index (Phi) is 19.0. The molecule has 0 saturated carbocycles. The van der Waals surface area contributed by atoms with Crippen molar-refractivity contribution >= 4 is 182 Å². The number of carbonyl (C=O) groups excluding carboxylic acids is 3. The number of carbonyl (C=O) groups is 3. The van der Waals surface area contributed by atoms with Crippen LogP contribution in [0.25, 0.3) is 96.7 Å². The minimum absolute atomic E-state index is 0.00130. The average Bonchev–Trinajstić information content (AvgIpc) is 1.74. The van der Waals surface area contributed by atoms with E-state index in [1.54, 1.807) is 57.4 Å². The number of anilines is 6. The number of amides is 3. The van der Waals surface area contributed by atoms with Crippen LogP contribution in [0.5, 0.6) is 0 Å². The molecule has 0 spiro atoms. The van der Waals surface area contributed by atoms with Crippen molar-refractivity contribution in [2.75, 3.05) is 110 Å². The van der Waals surface area contributed by atoms with E-state index >= 15 is 8.78 Å². The lowest BCUT2D eigenvalue weighted by atomic mass is 10.00. The minimum Gasteiger partial charge on any atom is -0.375 e.